The summed E-state index contributed by atoms with van der Waals surface area (Å²) in [4.78, 5) is 15.8. The van der Waals surface area contributed by atoms with Gasteiger partial charge in [-0.3, -0.25) is 0 Å². The Bertz CT molecular complexity index is 1670. The molecule has 2 heterocycles. The number of allylic oxidation sites excluding steroid dienone is 1. The van der Waals surface area contributed by atoms with Crippen LogP contribution >= 0.6 is 11.3 Å². The third kappa shape index (κ3) is 5.67. The molecule has 2 saturated carbocycles. The Hall–Kier alpha value is -3.54. The fourth-order valence-electron chi connectivity index (χ4n) is 4.69. The highest BCUT2D eigenvalue weighted by Gasteiger charge is 2.29. The zero-order chi connectivity index (χ0) is 28.0. The van der Waals surface area contributed by atoms with Gasteiger partial charge in [0.1, 0.15) is 22.6 Å². The molecule has 7 nitrogen and oxygen atoms in total. The first-order valence-electron chi connectivity index (χ1n) is 13.0. The molecular weight excluding hydrogens is 554 g/mol. The summed E-state index contributed by atoms with van der Waals surface area (Å²) in [6.07, 6.45) is 9.16. The molecule has 2 aliphatic rings. The van der Waals surface area contributed by atoms with Gasteiger partial charge in [-0.05, 0) is 79.8 Å². The Balaban J connectivity index is 1.50. The number of thiazole rings is 1. The molecule has 0 radical (unpaired) electrons. The highest BCUT2D eigenvalue weighted by atomic mass is 32.2. The number of hydrogen-bond donors (Lipinski definition) is 2. The van der Waals surface area contributed by atoms with Crippen LogP contribution in [0, 0.1) is 23.5 Å². The number of carbonyl (C=O) groups is 1. The van der Waals surface area contributed by atoms with Crippen molar-refractivity contribution in [2.24, 2.45) is 17.0 Å². The van der Waals surface area contributed by atoms with E-state index in [0.717, 1.165) is 36.9 Å². The molecule has 2 aromatic heterocycles. The lowest BCUT2D eigenvalue weighted by Crippen LogP contribution is -2.07. The lowest BCUT2D eigenvalue weighted by molar-refractivity contribution is 0.0691. The fraction of sp³-hybridized carbons (Fsp3) is 0.276. The summed E-state index contributed by atoms with van der Waals surface area (Å²) in [5, 5.41) is 21.6. The van der Waals surface area contributed by atoms with E-state index in [1.165, 1.54) is 34.9 Å². The van der Waals surface area contributed by atoms with Crippen molar-refractivity contribution in [3.05, 3.63) is 87.6 Å². The predicted octanol–water partition coefficient (Wildman–Crippen LogP) is 5.92. The van der Waals surface area contributed by atoms with Crippen molar-refractivity contribution in [1.29, 1.82) is 0 Å². The Morgan fingerprint density at radius 1 is 1.15 bits per heavy atom. The number of benzene rings is 2. The molecule has 1 unspecified atom stereocenters. The molecule has 0 amide bonds. The highest BCUT2D eigenvalue weighted by molar-refractivity contribution is 7.82. The van der Waals surface area contributed by atoms with Gasteiger partial charge >= 0.3 is 5.97 Å². The van der Waals surface area contributed by atoms with Gasteiger partial charge in [0, 0.05) is 28.5 Å². The van der Waals surface area contributed by atoms with E-state index in [1.807, 2.05) is 6.08 Å². The standard InChI is InChI=1S/C29H26F2N4O3S2/c30-22-9-8-20(14-19(22)7-5-16-1-2-16)27-21(11-18-6-10-26(40(32)38)23(31)12-18)25(13-17-3-4-17)35(34-27)29-33-24(15-39-29)28(36)37/h5-10,12,14-17H,1-4,11,13,32H2,(H,36,37). The molecular formula is C29H26F2N4O3S2. The minimum absolute atomic E-state index is 0.0716. The number of rotatable bonds is 10. The maximum atomic E-state index is 14.7. The van der Waals surface area contributed by atoms with Gasteiger partial charge in [0.05, 0.1) is 16.3 Å². The van der Waals surface area contributed by atoms with E-state index >= 15 is 0 Å². The van der Waals surface area contributed by atoms with E-state index in [1.54, 1.807) is 29.0 Å². The Morgan fingerprint density at radius 3 is 2.60 bits per heavy atom. The molecule has 1 atom stereocenters. The Morgan fingerprint density at radius 2 is 1.95 bits per heavy atom. The molecule has 2 aliphatic carbocycles. The number of nitrogens with zero attached hydrogens (tertiary/aromatic N) is 3. The van der Waals surface area contributed by atoms with Crippen molar-refractivity contribution in [3.63, 3.8) is 0 Å². The maximum Gasteiger partial charge on any atom is 0.355 e. The summed E-state index contributed by atoms with van der Waals surface area (Å²) in [6, 6.07) is 9.28. The van der Waals surface area contributed by atoms with Crippen molar-refractivity contribution in [2.45, 2.75) is 43.4 Å². The smallest absolute Gasteiger partial charge is 0.355 e. The monoisotopic (exact) mass is 580 g/mol. The highest BCUT2D eigenvalue weighted by Crippen LogP contribution is 2.39. The quantitative estimate of drug-likeness (QED) is 0.242. The van der Waals surface area contributed by atoms with E-state index in [9.17, 15) is 22.9 Å². The van der Waals surface area contributed by atoms with E-state index in [-0.39, 0.29) is 16.4 Å². The molecule has 3 N–H and O–H groups in total. The van der Waals surface area contributed by atoms with Gasteiger partial charge in [-0.15, -0.1) is 11.3 Å². The fourth-order valence-corrected chi connectivity index (χ4v) is 5.92. The number of carboxylic acids is 1. The van der Waals surface area contributed by atoms with E-state index < -0.39 is 22.8 Å². The van der Waals surface area contributed by atoms with Crippen LogP contribution in [0.2, 0.25) is 0 Å². The van der Waals surface area contributed by atoms with E-state index in [0.29, 0.717) is 52.2 Å². The third-order valence-electron chi connectivity index (χ3n) is 7.19. The number of nitrogens with two attached hydrogens (primary N) is 1. The van der Waals surface area contributed by atoms with Crippen LogP contribution in [0.5, 0.6) is 0 Å². The topological polar surface area (TPSA) is 111 Å². The lowest BCUT2D eigenvalue weighted by atomic mass is 9.96. The van der Waals surface area contributed by atoms with Crippen LogP contribution in [0.4, 0.5) is 8.78 Å². The summed E-state index contributed by atoms with van der Waals surface area (Å²) in [5.41, 5.74) is 3.98. The first-order chi connectivity index (χ1) is 19.3. The minimum atomic E-state index is -1.95. The zero-order valence-corrected chi connectivity index (χ0v) is 23.0. The average molecular weight is 581 g/mol. The second-order valence-corrected chi connectivity index (χ2v) is 12.2. The predicted molar refractivity (Wildman–Crippen MR) is 150 cm³/mol. The Kier molecular flexibility index (Phi) is 7.20. The van der Waals surface area contributed by atoms with Crippen LogP contribution in [0.25, 0.3) is 22.5 Å². The lowest BCUT2D eigenvalue weighted by Gasteiger charge is -2.10. The second-order valence-electron chi connectivity index (χ2n) is 10.3. The molecule has 0 aliphatic heterocycles. The number of halogens is 2. The van der Waals surface area contributed by atoms with Gasteiger partial charge in [0.15, 0.2) is 5.69 Å². The van der Waals surface area contributed by atoms with Crippen molar-refractivity contribution >= 4 is 34.4 Å². The van der Waals surface area contributed by atoms with Gasteiger partial charge in [-0.1, -0.05) is 18.2 Å². The van der Waals surface area contributed by atoms with Crippen LogP contribution in [0.3, 0.4) is 0 Å². The van der Waals surface area contributed by atoms with Crippen molar-refractivity contribution in [2.75, 3.05) is 0 Å². The summed E-state index contributed by atoms with van der Waals surface area (Å²) in [7, 11) is -1.95. The van der Waals surface area contributed by atoms with Gasteiger partial charge in [0.2, 0.25) is 5.13 Å². The van der Waals surface area contributed by atoms with Gasteiger partial charge in [-0.2, -0.15) is 5.10 Å². The summed E-state index contributed by atoms with van der Waals surface area (Å²) >= 11 is 1.18. The van der Waals surface area contributed by atoms with Crippen LogP contribution in [0.15, 0.2) is 52.7 Å². The van der Waals surface area contributed by atoms with Crippen molar-refractivity contribution < 1.29 is 22.9 Å². The molecule has 6 rings (SSSR count). The van der Waals surface area contributed by atoms with Gasteiger partial charge in [-0.25, -0.2) is 32.6 Å². The van der Waals surface area contributed by atoms with Crippen LogP contribution in [0.1, 0.15) is 58.6 Å². The van der Waals surface area contributed by atoms with Crippen LogP contribution in [-0.2, 0) is 23.8 Å². The summed E-state index contributed by atoms with van der Waals surface area (Å²) in [6.45, 7) is 0. The van der Waals surface area contributed by atoms with Crippen LogP contribution in [-0.4, -0.2) is 30.0 Å². The van der Waals surface area contributed by atoms with Crippen LogP contribution < -0.4 is 5.14 Å². The van der Waals surface area contributed by atoms with Gasteiger partial charge in [0.25, 0.3) is 0 Å². The number of aromatic nitrogens is 3. The first kappa shape index (κ1) is 26.7. The largest absolute Gasteiger partial charge is 0.476 e. The molecule has 206 valence electrons. The van der Waals surface area contributed by atoms with E-state index in [4.69, 9.17) is 10.2 Å². The Labute approximate surface area is 236 Å². The van der Waals surface area contributed by atoms with Crippen molar-refractivity contribution in [3.8, 4) is 16.4 Å². The molecule has 0 bridgehead atoms. The summed E-state index contributed by atoms with van der Waals surface area (Å²) < 4.78 is 42.8. The number of aromatic carboxylic acids is 1. The summed E-state index contributed by atoms with van der Waals surface area (Å²) in [5.74, 6) is -1.19. The van der Waals surface area contributed by atoms with Gasteiger partial charge < -0.3 is 5.11 Å². The minimum Gasteiger partial charge on any atom is -0.476 e. The number of carboxylic acid groups (broad SMARTS) is 1. The molecule has 4 aromatic rings. The molecule has 11 heteroatoms. The second kappa shape index (κ2) is 10.8. The number of hydrogen-bond acceptors (Lipinski definition) is 5. The first-order valence-corrected chi connectivity index (χ1v) is 15.1. The molecule has 0 spiro atoms. The molecule has 0 saturated heterocycles. The maximum absolute atomic E-state index is 14.7. The zero-order valence-electron chi connectivity index (χ0n) is 21.3. The molecule has 2 aromatic carbocycles. The molecule has 2 fully saturated rings. The van der Waals surface area contributed by atoms with E-state index in [2.05, 4.69) is 4.98 Å². The average Bonchev–Trinajstić information content (AvgIpc) is 3.84. The third-order valence-corrected chi connectivity index (χ3v) is 8.78. The molecule has 40 heavy (non-hydrogen) atoms. The normalized spacial score (nSPS) is 16.1. The van der Waals surface area contributed by atoms with Crippen molar-refractivity contribution in [1.82, 2.24) is 14.8 Å². The SMILES string of the molecule is NS(=O)c1ccc(Cc2c(-c3ccc(F)c(C=CC4CC4)c3)nn(-c3nc(C(=O)O)cs3)c2CC2CC2)cc1F.